The Hall–Kier alpha value is -0.240. The summed E-state index contributed by atoms with van der Waals surface area (Å²) in [6, 6.07) is 0. The van der Waals surface area contributed by atoms with Gasteiger partial charge in [-0.3, -0.25) is 4.79 Å². The lowest BCUT2D eigenvalue weighted by atomic mass is 10.0. The molecule has 0 radical (unpaired) electrons. The Morgan fingerprint density at radius 1 is 0.810 bits per heavy atom. The minimum atomic E-state index is -0.740. The minimum absolute atomic E-state index is 0.0456. The Morgan fingerprint density at radius 2 is 1.24 bits per heavy atom. The first-order valence-corrected chi connectivity index (χ1v) is 9.46. The van der Waals surface area contributed by atoms with Crippen molar-refractivity contribution in [1.29, 1.82) is 0 Å². The summed E-state index contributed by atoms with van der Waals surface area (Å²) < 4.78 is 0. The summed E-state index contributed by atoms with van der Waals surface area (Å²) in [4.78, 5) is 10.4. The molecule has 3 heteroatoms. The fourth-order valence-corrected chi connectivity index (χ4v) is 2.89. The van der Waals surface area contributed by atoms with Crippen molar-refractivity contribution in [3.05, 3.63) is 0 Å². The summed E-state index contributed by atoms with van der Waals surface area (Å²) >= 11 is 6.09. The first-order chi connectivity index (χ1) is 10.2. The number of unbranched alkanes of at least 4 members (excludes halogenated alkanes) is 11. The molecule has 0 saturated heterocycles. The molecule has 0 saturated carbocycles. The number of carboxylic acid groups (broad SMARTS) is 1. The van der Waals surface area contributed by atoms with Crippen molar-refractivity contribution in [2.75, 3.05) is 0 Å². The zero-order chi connectivity index (χ0) is 15.8. The monoisotopic (exact) mass is 318 g/mol. The Balaban J connectivity index is 3.10. The first kappa shape index (κ1) is 20.8. The normalized spacial score (nSPS) is 12.5. The summed E-state index contributed by atoms with van der Waals surface area (Å²) in [5.41, 5.74) is 0. The third kappa shape index (κ3) is 17.7. The SMILES string of the molecule is CCCCCCCCCCCCCCC(Cl)CCC(=O)O. The van der Waals surface area contributed by atoms with Gasteiger partial charge in [-0.1, -0.05) is 84.0 Å². The molecule has 0 fully saturated rings. The third-order valence-electron chi connectivity index (χ3n) is 4.04. The van der Waals surface area contributed by atoms with E-state index in [4.69, 9.17) is 16.7 Å². The maximum Gasteiger partial charge on any atom is 0.303 e. The van der Waals surface area contributed by atoms with Gasteiger partial charge in [0.1, 0.15) is 0 Å². The van der Waals surface area contributed by atoms with Crippen molar-refractivity contribution in [1.82, 2.24) is 0 Å². The average Bonchev–Trinajstić information content (AvgIpc) is 2.46. The molecule has 0 spiro atoms. The first-order valence-electron chi connectivity index (χ1n) is 9.02. The molecule has 0 bridgehead atoms. The van der Waals surface area contributed by atoms with Crippen LogP contribution in [0.25, 0.3) is 0 Å². The van der Waals surface area contributed by atoms with E-state index in [0.717, 1.165) is 12.8 Å². The summed E-state index contributed by atoms with van der Waals surface area (Å²) in [6.07, 6.45) is 18.0. The van der Waals surface area contributed by atoms with Crippen LogP contribution in [0.5, 0.6) is 0 Å². The lowest BCUT2D eigenvalue weighted by Gasteiger charge is -2.07. The van der Waals surface area contributed by atoms with E-state index in [1.54, 1.807) is 0 Å². The number of halogens is 1. The molecule has 2 nitrogen and oxygen atoms in total. The van der Waals surface area contributed by atoms with Gasteiger partial charge in [-0.15, -0.1) is 11.6 Å². The summed E-state index contributed by atoms with van der Waals surface area (Å²) in [5, 5.41) is 8.62. The molecule has 0 aromatic heterocycles. The highest BCUT2D eigenvalue weighted by atomic mass is 35.5. The number of hydrogen-bond donors (Lipinski definition) is 1. The van der Waals surface area contributed by atoms with Gasteiger partial charge in [0, 0.05) is 11.8 Å². The Morgan fingerprint density at radius 3 is 1.67 bits per heavy atom. The summed E-state index contributed by atoms with van der Waals surface area (Å²) in [6.45, 7) is 2.26. The molecule has 1 N–H and O–H groups in total. The molecule has 0 aliphatic carbocycles. The van der Waals surface area contributed by atoms with Crippen molar-refractivity contribution in [3.63, 3.8) is 0 Å². The molecule has 0 aliphatic rings. The van der Waals surface area contributed by atoms with Crippen LogP contribution in [0.2, 0.25) is 0 Å². The molecule has 0 aromatic rings. The predicted octanol–water partition coefficient (Wildman–Crippen LogP) is 6.55. The molecule has 21 heavy (non-hydrogen) atoms. The Kier molecular flexibility index (Phi) is 16.0. The predicted molar refractivity (Wildman–Crippen MR) is 92.2 cm³/mol. The molecule has 126 valence electrons. The molecule has 1 atom stereocenters. The smallest absolute Gasteiger partial charge is 0.303 e. The van der Waals surface area contributed by atoms with Crippen molar-refractivity contribution in [2.45, 2.75) is 109 Å². The second kappa shape index (κ2) is 16.1. The topological polar surface area (TPSA) is 37.3 Å². The largest absolute Gasteiger partial charge is 0.481 e. The van der Waals surface area contributed by atoms with E-state index in [1.165, 1.54) is 70.6 Å². The quantitative estimate of drug-likeness (QED) is 0.259. The van der Waals surface area contributed by atoms with E-state index >= 15 is 0 Å². The number of aliphatic carboxylic acids is 1. The lowest BCUT2D eigenvalue weighted by Crippen LogP contribution is -2.03. The number of carboxylic acids is 1. The third-order valence-corrected chi connectivity index (χ3v) is 4.48. The molecule has 0 amide bonds. The molecule has 0 heterocycles. The van der Waals surface area contributed by atoms with Crippen LogP contribution < -0.4 is 0 Å². The van der Waals surface area contributed by atoms with Crippen molar-refractivity contribution in [3.8, 4) is 0 Å². The van der Waals surface area contributed by atoms with Gasteiger partial charge in [0.15, 0.2) is 0 Å². The number of carbonyl (C=O) groups is 1. The summed E-state index contributed by atoms with van der Waals surface area (Å²) in [5.74, 6) is -0.740. The van der Waals surface area contributed by atoms with Crippen LogP contribution in [0, 0.1) is 0 Å². The highest BCUT2D eigenvalue weighted by Gasteiger charge is 2.06. The van der Waals surface area contributed by atoms with Gasteiger partial charge >= 0.3 is 5.97 Å². The van der Waals surface area contributed by atoms with E-state index in [1.807, 2.05) is 0 Å². The van der Waals surface area contributed by atoms with E-state index in [-0.39, 0.29) is 11.8 Å². The van der Waals surface area contributed by atoms with Gasteiger partial charge in [0.25, 0.3) is 0 Å². The molecular formula is C18H35ClO2. The number of alkyl halides is 1. The molecule has 0 rings (SSSR count). The number of rotatable bonds is 16. The zero-order valence-electron chi connectivity index (χ0n) is 13.9. The Labute approximate surface area is 136 Å². The van der Waals surface area contributed by atoms with Gasteiger partial charge in [-0.25, -0.2) is 0 Å². The van der Waals surface area contributed by atoms with Crippen LogP contribution in [0.3, 0.4) is 0 Å². The van der Waals surface area contributed by atoms with Gasteiger partial charge in [0.2, 0.25) is 0 Å². The highest BCUT2D eigenvalue weighted by Crippen LogP contribution is 2.16. The Bertz CT molecular complexity index is 231. The molecule has 0 aliphatic heterocycles. The molecule has 0 aromatic carbocycles. The minimum Gasteiger partial charge on any atom is -0.481 e. The maximum absolute atomic E-state index is 10.4. The van der Waals surface area contributed by atoms with Crippen LogP contribution in [-0.4, -0.2) is 16.5 Å². The van der Waals surface area contributed by atoms with Crippen LogP contribution in [-0.2, 0) is 4.79 Å². The second-order valence-electron chi connectivity index (χ2n) is 6.21. The fourth-order valence-electron chi connectivity index (χ4n) is 2.63. The van der Waals surface area contributed by atoms with Crippen LogP contribution in [0.4, 0.5) is 0 Å². The highest BCUT2D eigenvalue weighted by molar-refractivity contribution is 6.20. The van der Waals surface area contributed by atoms with Crippen LogP contribution >= 0.6 is 11.6 Å². The maximum atomic E-state index is 10.4. The number of hydrogen-bond acceptors (Lipinski definition) is 1. The average molecular weight is 319 g/mol. The lowest BCUT2D eigenvalue weighted by molar-refractivity contribution is -0.137. The zero-order valence-corrected chi connectivity index (χ0v) is 14.7. The van der Waals surface area contributed by atoms with Gasteiger partial charge in [-0.2, -0.15) is 0 Å². The molecular weight excluding hydrogens is 284 g/mol. The van der Waals surface area contributed by atoms with Crippen molar-refractivity contribution in [2.24, 2.45) is 0 Å². The van der Waals surface area contributed by atoms with Crippen LogP contribution in [0.15, 0.2) is 0 Å². The van der Waals surface area contributed by atoms with Crippen molar-refractivity contribution >= 4 is 17.6 Å². The summed E-state index contributed by atoms with van der Waals surface area (Å²) in [7, 11) is 0. The second-order valence-corrected chi connectivity index (χ2v) is 6.82. The van der Waals surface area contributed by atoms with E-state index < -0.39 is 5.97 Å². The van der Waals surface area contributed by atoms with E-state index in [0.29, 0.717) is 6.42 Å². The van der Waals surface area contributed by atoms with Gasteiger partial charge in [0.05, 0.1) is 0 Å². The molecule has 1 unspecified atom stereocenters. The van der Waals surface area contributed by atoms with Crippen molar-refractivity contribution < 1.29 is 9.90 Å². The standard InChI is InChI=1S/C18H35ClO2/c1-2-3-4-5-6-7-8-9-10-11-12-13-14-17(19)15-16-18(20)21/h17H,2-16H2,1H3,(H,20,21). The van der Waals surface area contributed by atoms with E-state index in [2.05, 4.69) is 6.92 Å². The van der Waals surface area contributed by atoms with Gasteiger partial charge < -0.3 is 5.11 Å². The van der Waals surface area contributed by atoms with Gasteiger partial charge in [-0.05, 0) is 12.8 Å². The van der Waals surface area contributed by atoms with E-state index in [9.17, 15) is 4.79 Å². The van der Waals surface area contributed by atoms with Crippen LogP contribution in [0.1, 0.15) is 103 Å². The fraction of sp³-hybridized carbons (Fsp3) is 0.944.